The zero-order valence-corrected chi connectivity index (χ0v) is 6.51. The second-order valence-electron chi connectivity index (χ2n) is 2.30. The Labute approximate surface area is 60.9 Å². The zero-order chi connectivity index (χ0) is 7.56. The molecule has 0 aliphatic heterocycles. The standard InChI is InChI=1S/C8H11NO/c1-6-5-9-7(2)4-8(6)10-3/h4-5H,1-3H3. The van der Waals surface area contributed by atoms with Crippen LogP contribution in [0, 0.1) is 13.8 Å². The molecule has 2 heteroatoms. The number of methoxy groups -OCH3 is 1. The van der Waals surface area contributed by atoms with Crippen LogP contribution < -0.4 is 4.74 Å². The molecule has 0 bridgehead atoms. The van der Waals surface area contributed by atoms with E-state index in [1.165, 1.54) is 0 Å². The van der Waals surface area contributed by atoms with Crippen LogP contribution in [0.1, 0.15) is 11.3 Å². The molecule has 54 valence electrons. The van der Waals surface area contributed by atoms with Crippen molar-refractivity contribution in [3.05, 3.63) is 23.5 Å². The van der Waals surface area contributed by atoms with Crippen molar-refractivity contribution in [1.29, 1.82) is 0 Å². The molecule has 0 saturated heterocycles. The number of hydrogen-bond donors (Lipinski definition) is 0. The Balaban J connectivity index is 3.09. The van der Waals surface area contributed by atoms with Gasteiger partial charge in [0, 0.05) is 23.5 Å². The average molecular weight is 137 g/mol. The van der Waals surface area contributed by atoms with Gasteiger partial charge in [0.2, 0.25) is 0 Å². The first-order chi connectivity index (χ1) is 4.74. The highest BCUT2D eigenvalue weighted by molar-refractivity contribution is 5.31. The molecule has 0 aliphatic rings. The van der Waals surface area contributed by atoms with Gasteiger partial charge in [-0.25, -0.2) is 0 Å². The molecule has 0 amide bonds. The third-order valence-corrected chi connectivity index (χ3v) is 1.41. The Morgan fingerprint density at radius 2 is 2.10 bits per heavy atom. The summed E-state index contributed by atoms with van der Waals surface area (Å²) < 4.78 is 5.09. The van der Waals surface area contributed by atoms with Gasteiger partial charge in [-0.15, -0.1) is 0 Å². The highest BCUT2D eigenvalue weighted by atomic mass is 16.5. The maximum atomic E-state index is 5.09. The predicted molar refractivity (Wildman–Crippen MR) is 40.3 cm³/mol. The van der Waals surface area contributed by atoms with E-state index < -0.39 is 0 Å². The third kappa shape index (κ3) is 1.26. The molecular formula is C8H11NO. The van der Waals surface area contributed by atoms with E-state index >= 15 is 0 Å². The fraction of sp³-hybridized carbons (Fsp3) is 0.375. The van der Waals surface area contributed by atoms with Gasteiger partial charge in [0.25, 0.3) is 0 Å². The molecular weight excluding hydrogens is 126 g/mol. The lowest BCUT2D eigenvalue weighted by atomic mass is 10.2. The first kappa shape index (κ1) is 7.06. The molecule has 10 heavy (non-hydrogen) atoms. The Morgan fingerprint density at radius 3 is 2.60 bits per heavy atom. The lowest BCUT2D eigenvalue weighted by Gasteiger charge is -2.02. The van der Waals surface area contributed by atoms with Crippen LogP contribution in [0.5, 0.6) is 5.75 Å². The van der Waals surface area contributed by atoms with Crippen molar-refractivity contribution in [2.45, 2.75) is 13.8 Å². The van der Waals surface area contributed by atoms with Crippen molar-refractivity contribution < 1.29 is 4.74 Å². The normalized spacial score (nSPS) is 9.50. The maximum Gasteiger partial charge on any atom is 0.125 e. The quantitative estimate of drug-likeness (QED) is 0.587. The maximum absolute atomic E-state index is 5.09. The number of pyridine rings is 1. The lowest BCUT2D eigenvalue weighted by molar-refractivity contribution is 0.410. The van der Waals surface area contributed by atoms with Crippen LogP contribution in [0.15, 0.2) is 12.3 Å². The Hall–Kier alpha value is -1.05. The smallest absolute Gasteiger partial charge is 0.125 e. The molecule has 0 saturated carbocycles. The molecule has 2 nitrogen and oxygen atoms in total. The van der Waals surface area contributed by atoms with Gasteiger partial charge in [0.15, 0.2) is 0 Å². The van der Waals surface area contributed by atoms with Gasteiger partial charge in [-0.1, -0.05) is 0 Å². The van der Waals surface area contributed by atoms with Crippen molar-refractivity contribution in [3.8, 4) is 5.75 Å². The fourth-order valence-electron chi connectivity index (χ4n) is 0.823. The highest BCUT2D eigenvalue weighted by Gasteiger charge is 1.96. The molecule has 0 spiro atoms. The van der Waals surface area contributed by atoms with Gasteiger partial charge in [0.05, 0.1) is 7.11 Å². The summed E-state index contributed by atoms with van der Waals surface area (Å²) in [5.41, 5.74) is 2.07. The number of hydrogen-bond acceptors (Lipinski definition) is 2. The summed E-state index contributed by atoms with van der Waals surface area (Å²) in [5.74, 6) is 0.910. The second kappa shape index (κ2) is 2.69. The van der Waals surface area contributed by atoms with Gasteiger partial charge in [0.1, 0.15) is 5.75 Å². The van der Waals surface area contributed by atoms with Gasteiger partial charge in [-0.05, 0) is 13.8 Å². The average Bonchev–Trinajstić information content (AvgIpc) is 1.94. The van der Waals surface area contributed by atoms with E-state index in [2.05, 4.69) is 4.98 Å². The third-order valence-electron chi connectivity index (χ3n) is 1.41. The summed E-state index contributed by atoms with van der Waals surface area (Å²) in [6, 6.07) is 1.93. The molecule has 1 rings (SSSR count). The Morgan fingerprint density at radius 1 is 1.40 bits per heavy atom. The first-order valence-corrected chi connectivity index (χ1v) is 3.21. The van der Waals surface area contributed by atoms with E-state index in [9.17, 15) is 0 Å². The van der Waals surface area contributed by atoms with Gasteiger partial charge in [-0.3, -0.25) is 4.98 Å². The minimum Gasteiger partial charge on any atom is -0.496 e. The van der Waals surface area contributed by atoms with Gasteiger partial charge in [-0.2, -0.15) is 0 Å². The Kier molecular flexibility index (Phi) is 1.90. The molecule has 1 aromatic heterocycles. The fourth-order valence-corrected chi connectivity index (χ4v) is 0.823. The molecule has 0 fully saturated rings. The van der Waals surface area contributed by atoms with Gasteiger partial charge < -0.3 is 4.74 Å². The first-order valence-electron chi connectivity index (χ1n) is 3.21. The van der Waals surface area contributed by atoms with Crippen LogP contribution >= 0.6 is 0 Å². The minimum atomic E-state index is 0.910. The Bertz CT molecular complexity index is 233. The van der Waals surface area contributed by atoms with E-state index in [0.717, 1.165) is 17.0 Å². The van der Waals surface area contributed by atoms with Crippen LogP contribution in [0.25, 0.3) is 0 Å². The van der Waals surface area contributed by atoms with Gasteiger partial charge >= 0.3 is 0 Å². The molecule has 0 N–H and O–H groups in total. The summed E-state index contributed by atoms with van der Waals surface area (Å²) in [5, 5.41) is 0. The molecule has 0 aliphatic carbocycles. The van der Waals surface area contributed by atoms with Crippen molar-refractivity contribution in [1.82, 2.24) is 4.98 Å². The summed E-state index contributed by atoms with van der Waals surface area (Å²) in [4.78, 5) is 4.11. The molecule has 0 atom stereocenters. The molecule has 1 aromatic rings. The van der Waals surface area contributed by atoms with Crippen LogP contribution in [-0.4, -0.2) is 12.1 Å². The molecule has 0 aromatic carbocycles. The number of aromatic nitrogens is 1. The summed E-state index contributed by atoms with van der Waals surface area (Å²) >= 11 is 0. The van der Waals surface area contributed by atoms with Crippen LogP contribution in [-0.2, 0) is 0 Å². The van der Waals surface area contributed by atoms with Crippen molar-refractivity contribution in [2.24, 2.45) is 0 Å². The molecule has 0 unspecified atom stereocenters. The van der Waals surface area contributed by atoms with E-state index in [4.69, 9.17) is 4.74 Å². The van der Waals surface area contributed by atoms with Crippen molar-refractivity contribution in [3.63, 3.8) is 0 Å². The topological polar surface area (TPSA) is 22.1 Å². The minimum absolute atomic E-state index is 0.910. The summed E-state index contributed by atoms with van der Waals surface area (Å²) in [7, 11) is 1.67. The number of ether oxygens (including phenoxy) is 1. The number of rotatable bonds is 1. The molecule has 0 radical (unpaired) electrons. The van der Waals surface area contributed by atoms with E-state index in [-0.39, 0.29) is 0 Å². The van der Waals surface area contributed by atoms with Crippen LogP contribution in [0.2, 0.25) is 0 Å². The van der Waals surface area contributed by atoms with E-state index in [1.54, 1.807) is 7.11 Å². The summed E-state index contributed by atoms with van der Waals surface area (Å²) in [6.45, 7) is 3.92. The van der Waals surface area contributed by atoms with Crippen LogP contribution in [0.3, 0.4) is 0 Å². The van der Waals surface area contributed by atoms with E-state index in [0.29, 0.717) is 0 Å². The van der Waals surface area contributed by atoms with E-state index in [1.807, 2.05) is 26.1 Å². The monoisotopic (exact) mass is 137 g/mol. The van der Waals surface area contributed by atoms with Crippen molar-refractivity contribution in [2.75, 3.05) is 7.11 Å². The molecule has 1 heterocycles. The van der Waals surface area contributed by atoms with Crippen LogP contribution in [0.4, 0.5) is 0 Å². The SMILES string of the molecule is COc1cc(C)ncc1C. The zero-order valence-electron chi connectivity index (χ0n) is 6.51. The summed E-state index contributed by atoms with van der Waals surface area (Å²) in [6.07, 6.45) is 1.81. The predicted octanol–water partition coefficient (Wildman–Crippen LogP) is 1.71. The highest BCUT2D eigenvalue weighted by Crippen LogP contribution is 2.15. The largest absolute Gasteiger partial charge is 0.496 e. The second-order valence-corrected chi connectivity index (χ2v) is 2.30. The lowest BCUT2D eigenvalue weighted by Crippen LogP contribution is -1.89. The van der Waals surface area contributed by atoms with Crippen molar-refractivity contribution >= 4 is 0 Å². The number of nitrogens with zero attached hydrogens (tertiary/aromatic N) is 1. The number of aryl methyl sites for hydroxylation is 2.